The van der Waals surface area contributed by atoms with Crippen molar-refractivity contribution in [1.82, 2.24) is 0 Å². The minimum Gasteiger partial charge on any atom is -0.459 e. The zero-order valence-corrected chi connectivity index (χ0v) is 9.00. The Balaban J connectivity index is 2.29. The molecule has 2 bridgehead atoms. The van der Waals surface area contributed by atoms with Crippen molar-refractivity contribution in [3.8, 4) is 0 Å². The van der Waals surface area contributed by atoms with Crippen LogP contribution in [0.4, 0.5) is 0 Å². The predicted octanol–water partition coefficient (Wildman–Crippen LogP) is 0.641. The van der Waals surface area contributed by atoms with E-state index in [1.165, 1.54) is 0 Å². The van der Waals surface area contributed by atoms with Gasteiger partial charge >= 0.3 is 5.97 Å². The number of Topliss-reactive ketones (excluding diaryl/α,β-unsaturated/α-hetero) is 1. The summed E-state index contributed by atoms with van der Waals surface area (Å²) in [5, 5.41) is 9.92. The van der Waals surface area contributed by atoms with E-state index in [-0.39, 0.29) is 5.78 Å². The lowest BCUT2D eigenvalue weighted by atomic mass is 9.69. The molecule has 0 spiro atoms. The number of carbonyl (C=O) groups excluding carboxylic acids is 2. The number of esters is 1. The zero-order chi connectivity index (χ0) is 11.1. The van der Waals surface area contributed by atoms with Crippen molar-refractivity contribution in [1.29, 1.82) is 0 Å². The Morgan fingerprint density at radius 3 is 2.93 bits per heavy atom. The van der Waals surface area contributed by atoms with E-state index in [0.29, 0.717) is 31.6 Å². The minimum atomic E-state index is -1.31. The largest absolute Gasteiger partial charge is 0.459 e. The predicted molar refractivity (Wildman–Crippen MR) is 52.5 cm³/mol. The smallest absolute Gasteiger partial charge is 0.322 e. The lowest BCUT2D eigenvalue weighted by Crippen LogP contribution is -2.49. The Kier molecular flexibility index (Phi) is 2.73. The van der Waals surface area contributed by atoms with Crippen LogP contribution in [0.2, 0.25) is 0 Å². The fourth-order valence-corrected chi connectivity index (χ4v) is 2.61. The number of hydrogen-bond donors (Lipinski definition) is 1. The van der Waals surface area contributed by atoms with Gasteiger partial charge in [-0.15, -0.1) is 11.6 Å². The lowest BCUT2D eigenvalue weighted by Gasteiger charge is -2.31. The zero-order valence-electron chi connectivity index (χ0n) is 8.24. The number of ketones is 1. The summed E-state index contributed by atoms with van der Waals surface area (Å²) in [6.07, 6.45) is 0.113. The van der Waals surface area contributed by atoms with Crippen LogP contribution in [-0.4, -0.2) is 34.9 Å². The SMILES string of the molecule is O=C1CC[C@H]2OC(=O)[C@]1(CCCCl)[C@H]2O. The van der Waals surface area contributed by atoms with E-state index in [2.05, 4.69) is 0 Å². The van der Waals surface area contributed by atoms with E-state index in [1.54, 1.807) is 0 Å². The molecule has 84 valence electrons. The Morgan fingerprint density at radius 2 is 2.27 bits per heavy atom. The second-order valence-corrected chi connectivity index (χ2v) is 4.49. The molecular formula is C10H13ClO4. The molecule has 0 aromatic carbocycles. The van der Waals surface area contributed by atoms with Crippen molar-refractivity contribution in [3.63, 3.8) is 0 Å². The highest BCUT2D eigenvalue weighted by Gasteiger charge is 2.63. The van der Waals surface area contributed by atoms with Crippen LogP contribution >= 0.6 is 11.6 Å². The van der Waals surface area contributed by atoms with Gasteiger partial charge in [0.15, 0.2) is 11.2 Å². The molecule has 2 fully saturated rings. The number of alkyl halides is 1. The normalized spacial score (nSPS) is 39.3. The van der Waals surface area contributed by atoms with Crippen molar-refractivity contribution < 1.29 is 19.4 Å². The van der Waals surface area contributed by atoms with Crippen LogP contribution in [0, 0.1) is 5.41 Å². The van der Waals surface area contributed by atoms with Crippen LogP contribution in [0.5, 0.6) is 0 Å². The summed E-state index contributed by atoms with van der Waals surface area (Å²) in [7, 11) is 0. The summed E-state index contributed by atoms with van der Waals surface area (Å²) in [6, 6.07) is 0. The van der Waals surface area contributed by atoms with Gasteiger partial charge in [0.1, 0.15) is 12.2 Å². The Labute approximate surface area is 92.5 Å². The van der Waals surface area contributed by atoms with Gasteiger partial charge in [0.25, 0.3) is 0 Å². The van der Waals surface area contributed by atoms with Gasteiger partial charge < -0.3 is 9.84 Å². The number of hydrogen-bond acceptors (Lipinski definition) is 4. The second kappa shape index (κ2) is 3.76. The van der Waals surface area contributed by atoms with Crippen LogP contribution < -0.4 is 0 Å². The maximum Gasteiger partial charge on any atom is 0.322 e. The standard InChI is InChI=1S/C10H13ClO4/c11-5-1-4-10-7(12)3-2-6(8(10)13)15-9(10)14/h6,8,13H,1-5H2/t6-,8+,10+/m1/s1. The number of fused-ring (bicyclic) bond motifs is 2. The van der Waals surface area contributed by atoms with E-state index in [1.807, 2.05) is 0 Å². The first kappa shape index (κ1) is 10.9. The van der Waals surface area contributed by atoms with E-state index >= 15 is 0 Å². The number of aliphatic hydroxyl groups is 1. The first-order valence-corrected chi connectivity index (χ1v) is 5.65. The molecule has 2 aliphatic rings. The van der Waals surface area contributed by atoms with Gasteiger partial charge in [0.2, 0.25) is 0 Å². The van der Waals surface area contributed by atoms with Crippen molar-refractivity contribution in [2.24, 2.45) is 5.41 Å². The summed E-state index contributed by atoms with van der Waals surface area (Å²) in [5.74, 6) is -0.383. The van der Waals surface area contributed by atoms with Gasteiger partial charge in [-0.05, 0) is 19.3 Å². The summed E-state index contributed by atoms with van der Waals surface area (Å²) >= 11 is 5.55. The van der Waals surface area contributed by atoms with Crippen LogP contribution in [0.15, 0.2) is 0 Å². The Morgan fingerprint density at radius 1 is 1.53 bits per heavy atom. The number of aliphatic hydroxyl groups excluding tert-OH is 1. The van der Waals surface area contributed by atoms with Gasteiger partial charge in [-0.3, -0.25) is 9.59 Å². The van der Waals surface area contributed by atoms with Gasteiger partial charge in [-0.2, -0.15) is 0 Å². The van der Waals surface area contributed by atoms with Crippen LogP contribution in [-0.2, 0) is 14.3 Å². The molecule has 0 aromatic heterocycles. The van der Waals surface area contributed by atoms with Crippen molar-refractivity contribution in [2.75, 3.05) is 5.88 Å². The molecule has 1 aliphatic carbocycles. The second-order valence-electron chi connectivity index (χ2n) is 4.11. The van der Waals surface area contributed by atoms with Crippen LogP contribution in [0.25, 0.3) is 0 Å². The number of ether oxygens (including phenoxy) is 1. The molecule has 2 rings (SSSR count). The van der Waals surface area contributed by atoms with E-state index < -0.39 is 23.6 Å². The molecular weight excluding hydrogens is 220 g/mol. The third kappa shape index (κ3) is 1.39. The van der Waals surface area contributed by atoms with Crippen LogP contribution in [0.1, 0.15) is 25.7 Å². The molecule has 3 atom stereocenters. The fourth-order valence-electron chi connectivity index (χ4n) is 2.47. The average Bonchev–Trinajstić information content (AvgIpc) is 2.37. The lowest BCUT2D eigenvalue weighted by molar-refractivity contribution is -0.153. The molecule has 4 nitrogen and oxygen atoms in total. The van der Waals surface area contributed by atoms with E-state index in [9.17, 15) is 14.7 Å². The third-order valence-electron chi connectivity index (χ3n) is 3.34. The quantitative estimate of drug-likeness (QED) is 0.441. The first-order chi connectivity index (χ1) is 7.13. The fraction of sp³-hybridized carbons (Fsp3) is 0.800. The molecule has 0 unspecified atom stereocenters. The highest BCUT2D eigenvalue weighted by Crippen LogP contribution is 2.45. The summed E-state index contributed by atoms with van der Waals surface area (Å²) in [6.45, 7) is 0. The molecule has 1 heterocycles. The van der Waals surface area contributed by atoms with E-state index in [0.717, 1.165) is 0 Å². The average molecular weight is 233 g/mol. The maximum atomic E-state index is 11.8. The van der Waals surface area contributed by atoms with Crippen LogP contribution in [0.3, 0.4) is 0 Å². The Bertz CT molecular complexity index is 294. The summed E-state index contributed by atoms with van der Waals surface area (Å²) in [4.78, 5) is 23.5. The topological polar surface area (TPSA) is 63.6 Å². The number of halogens is 1. The molecule has 0 radical (unpaired) electrons. The number of rotatable bonds is 3. The Hall–Kier alpha value is -0.610. The molecule has 0 amide bonds. The van der Waals surface area contributed by atoms with E-state index in [4.69, 9.17) is 16.3 Å². The highest BCUT2D eigenvalue weighted by molar-refractivity contribution is 6.17. The molecule has 1 saturated heterocycles. The van der Waals surface area contributed by atoms with Crippen molar-refractivity contribution in [3.05, 3.63) is 0 Å². The monoisotopic (exact) mass is 232 g/mol. The minimum absolute atomic E-state index is 0.195. The van der Waals surface area contributed by atoms with Gasteiger partial charge in [-0.1, -0.05) is 0 Å². The van der Waals surface area contributed by atoms with Gasteiger partial charge in [-0.25, -0.2) is 0 Å². The molecule has 1 aliphatic heterocycles. The highest BCUT2D eigenvalue weighted by atomic mass is 35.5. The summed E-state index contributed by atoms with van der Waals surface area (Å²) < 4.78 is 5.02. The number of carbonyl (C=O) groups is 2. The molecule has 15 heavy (non-hydrogen) atoms. The van der Waals surface area contributed by atoms with Crippen molar-refractivity contribution in [2.45, 2.75) is 37.9 Å². The molecule has 5 heteroatoms. The van der Waals surface area contributed by atoms with Gasteiger partial charge in [0.05, 0.1) is 0 Å². The van der Waals surface area contributed by atoms with Crippen molar-refractivity contribution >= 4 is 23.4 Å². The molecule has 0 aromatic rings. The molecule has 1 N–H and O–H groups in total. The maximum absolute atomic E-state index is 11.8. The van der Waals surface area contributed by atoms with Gasteiger partial charge in [0, 0.05) is 12.3 Å². The third-order valence-corrected chi connectivity index (χ3v) is 3.61. The first-order valence-electron chi connectivity index (χ1n) is 5.11. The molecule has 1 saturated carbocycles. The summed E-state index contributed by atoms with van der Waals surface area (Å²) in [5.41, 5.74) is -1.31.